The first-order chi connectivity index (χ1) is 12.1. The molecule has 5 nitrogen and oxygen atoms in total. The first-order valence-corrected chi connectivity index (χ1v) is 10.9. The van der Waals surface area contributed by atoms with E-state index >= 15 is 0 Å². The van der Waals surface area contributed by atoms with Crippen LogP contribution in [0.5, 0.6) is 0 Å². The van der Waals surface area contributed by atoms with Crippen LogP contribution in [0.2, 0.25) is 0 Å². The Morgan fingerprint density at radius 2 is 2.04 bits per heavy atom. The van der Waals surface area contributed by atoms with E-state index in [1.165, 1.54) is 5.56 Å². The van der Waals surface area contributed by atoms with E-state index in [4.69, 9.17) is 4.74 Å². The second-order valence-corrected chi connectivity index (χ2v) is 9.33. The Morgan fingerprint density at radius 1 is 1.20 bits per heavy atom. The standard InChI is InChI=1S/C18H22N2O3S2/c21-25(22,16-4-2-1-3-5-16)19-8-15-12-23-18-11-20(10-17(15)18)9-14-6-7-24-13-14/h1-7,13,15,17-19H,8-12H2/t15-,17+,18+/m1/s1. The summed E-state index contributed by atoms with van der Waals surface area (Å²) in [6.07, 6.45) is 0.227. The molecular formula is C18H22N2O3S2. The second-order valence-electron chi connectivity index (χ2n) is 6.79. The third-order valence-electron chi connectivity index (χ3n) is 5.09. The summed E-state index contributed by atoms with van der Waals surface area (Å²) < 4.78 is 33.5. The highest BCUT2D eigenvalue weighted by molar-refractivity contribution is 7.89. The highest BCUT2D eigenvalue weighted by atomic mass is 32.2. The van der Waals surface area contributed by atoms with Crippen LogP contribution in [-0.2, 0) is 21.3 Å². The number of fused-ring (bicyclic) bond motifs is 1. The van der Waals surface area contributed by atoms with Gasteiger partial charge < -0.3 is 4.74 Å². The van der Waals surface area contributed by atoms with Crippen LogP contribution >= 0.6 is 11.3 Å². The van der Waals surface area contributed by atoms with Gasteiger partial charge in [-0.2, -0.15) is 11.3 Å². The van der Waals surface area contributed by atoms with Crippen molar-refractivity contribution >= 4 is 21.4 Å². The van der Waals surface area contributed by atoms with Gasteiger partial charge in [-0.3, -0.25) is 4.90 Å². The maximum atomic E-state index is 12.4. The molecule has 4 rings (SSSR count). The van der Waals surface area contributed by atoms with Crippen LogP contribution in [0, 0.1) is 11.8 Å². The average Bonchev–Trinajstić information content (AvgIpc) is 3.32. The molecule has 134 valence electrons. The maximum Gasteiger partial charge on any atom is 0.240 e. The van der Waals surface area contributed by atoms with Crippen LogP contribution in [-0.4, -0.2) is 45.7 Å². The van der Waals surface area contributed by atoms with Crippen molar-refractivity contribution in [3.05, 3.63) is 52.7 Å². The number of hydrogen-bond donors (Lipinski definition) is 1. The van der Waals surface area contributed by atoms with Gasteiger partial charge in [-0.1, -0.05) is 18.2 Å². The van der Waals surface area contributed by atoms with E-state index in [1.807, 2.05) is 6.07 Å². The number of thiophene rings is 1. The Labute approximate surface area is 152 Å². The molecule has 1 aromatic carbocycles. The van der Waals surface area contributed by atoms with E-state index in [0.717, 1.165) is 19.6 Å². The third-order valence-corrected chi connectivity index (χ3v) is 7.26. The molecule has 0 spiro atoms. The zero-order valence-corrected chi connectivity index (χ0v) is 15.5. The number of ether oxygens (including phenoxy) is 1. The molecule has 2 fully saturated rings. The van der Waals surface area contributed by atoms with Crippen molar-refractivity contribution in [3.8, 4) is 0 Å². The van der Waals surface area contributed by atoms with Gasteiger partial charge in [0.1, 0.15) is 0 Å². The molecule has 3 atom stereocenters. The maximum absolute atomic E-state index is 12.4. The number of benzene rings is 1. The highest BCUT2D eigenvalue weighted by Gasteiger charge is 2.43. The molecule has 2 aliphatic rings. The predicted molar refractivity (Wildman–Crippen MR) is 97.9 cm³/mol. The van der Waals surface area contributed by atoms with Gasteiger partial charge in [-0.25, -0.2) is 13.1 Å². The van der Waals surface area contributed by atoms with E-state index in [0.29, 0.717) is 24.0 Å². The Bertz CT molecular complexity index is 793. The van der Waals surface area contributed by atoms with Crippen molar-refractivity contribution in [2.24, 2.45) is 11.8 Å². The zero-order valence-electron chi connectivity index (χ0n) is 13.9. The van der Waals surface area contributed by atoms with Crippen molar-refractivity contribution < 1.29 is 13.2 Å². The Morgan fingerprint density at radius 3 is 2.80 bits per heavy atom. The molecule has 1 aromatic heterocycles. The number of hydrogen-bond acceptors (Lipinski definition) is 5. The van der Waals surface area contributed by atoms with Crippen LogP contribution in [0.25, 0.3) is 0 Å². The topological polar surface area (TPSA) is 58.6 Å². The van der Waals surface area contributed by atoms with Gasteiger partial charge in [0.15, 0.2) is 0 Å². The van der Waals surface area contributed by atoms with Gasteiger partial charge in [0.05, 0.1) is 17.6 Å². The first-order valence-electron chi connectivity index (χ1n) is 8.51. The number of sulfonamides is 1. The molecule has 7 heteroatoms. The minimum Gasteiger partial charge on any atom is -0.376 e. The predicted octanol–water partition coefficient (Wildman–Crippen LogP) is 2.17. The van der Waals surface area contributed by atoms with E-state index in [1.54, 1.807) is 35.6 Å². The SMILES string of the molecule is O=S(=O)(NC[C@@H]1CO[C@H]2CN(Cc3ccsc3)C[C@@H]12)c1ccccc1. The molecular weight excluding hydrogens is 356 g/mol. The molecule has 2 saturated heterocycles. The third kappa shape index (κ3) is 3.80. The summed E-state index contributed by atoms with van der Waals surface area (Å²) in [7, 11) is -3.45. The summed E-state index contributed by atoms with van der Waals surface area (Å²) in [6.45, 7) is 3.92. The summed E-state index contributed by atoms with van der Waals surface area (Å²) in [5.41, 5.74) is 1.34. The van der Waals surface area contributed by atoms with E-state index in [-0.39, 0.29) is 12.0 Å². The Hall–Kier alpha value is -1.25. The lowest BCUT2D eigenvalue weighted by atomic mass is 9.93. The molecule has 0 aliphatic carbocycles. The molecule has 0 radical (unpaired) electrons. The van der Waals surface area contributed by atoms with Crippen LogP contribution in [0.3, 0.4) is 0 Å². The number of rotatable bonds is 6. The normalized spacial score (nSPS) is 26.8. The minimum atomic E-state index is -3.45. The number of nitrogens with one attached hydrogen (secondary N) is 1. The van der Waals surface area contributed by atoms with Gasteiger partial charge in [-0.05, 0) is 34.5 Å². The van der Waals surface area contributed by atoms with Crippen LogP contribution < -0.4 is 4.72 Å². The Kier molecular flexibility index (Phi) is 4.92. The summed E-state index contributed by atoms with van der Waals surface area (Å²) >= 11 is 1.72. The minimum absolute atomic E-state index is 0.227. The molecule has 0 amide bonds. The first kappa shape index (κ1) is 17.2. The molecule has 0 bridgehead atoms. The van der Waals surface area contributed by atoms with Gasteiger partial charge in [0.2, 0.25) is 10.0 Å². The molecule has 25 heavy (non-hydrogen) atoms. The monoisotopic (exact) mass is 378 g/mol. The summed E-state index contributed by atoms with van der Waals surface area (Å²) in [6, 6.07) is 10.7. The van der Waals surface area contributed by atoms with Crippen molar-refractivity contribution in [3.63, 3.8) is 0 Å². The molecule has 2 aromatic rings. The van der Waals surface area contributed by atoms with Crippen LogP contribution in [0.1, 0.15) is 5.56 Å². The number of likely N-dealkylation sites (tertiary alicyclic amines) is 1. The van der Waals surface area contributed by atoms with Gasteiger partial charge in [0, 0.05) is 38.0 Å². The lowest BCUT2D eigenvalue weighted by Gasteiger charge is -2.19. The smallest absolute Gasteiger partial charge is 0.240 e. The van der Waals surface area contributed by atoms with Crippen molar-refractivity contribution in [2.75, 3.05) is 26.2 Å². The molecule has 0 saturated carbocycles. The van der Waals surface area contributed by atoms with Crippen LogP contribution in [0.4, 0.5) is 0 Å². The van der Waals surface area contributed by atoms with Crippen LogP contribution in [0.15, 0.2) is 52.1 Å². The average molecular weight is 379 g/mol. The van der Waals surface area contributed by atoms with Gasteiger partial charge in [-0.15, -0.1) is 0 Å². The quantitative estimate of drug-likeness (QED) is 0.837. The second kappa shape index (κ2) is 7.17. The fraction of sp³-hybridized carbons (Fsp3) is 0.444. The molecule has 3 heterocycles. The number of nitrogens with zero attached hydrogens (tertiary/aromatic N) is 1. The Balaban J connectivity index is 1.35. The highest BCUT2D eigenvalue weighted by Crippen LogP contribution is 2.34. The lowest BCUT2D eigenvalue weighted by molar-refractivity contribution is 0.0942. The fourth-order valence-electron chi connectivity index (χ4n) is 3.76. The van der Waals surface area contributed by atoms with Crippen molar-refractivity contribution in [2.45, 2.75) is 17.5 Å². The van der Waals surface area contributed by atoms with Gasteiger partial charge >= 0.3 is 0 Å². The lowest BCUT2D eigenvalue weighted by Crippen LogP contribution is -2.34. The van der Waals surface area contributed by atoms with Gasteiger partial charge in [0.25, 0.3) is 0 Å². The summed E-state index contributed by atoms with van der Waals surface area (Å²) in [4.78, 5) is 2.73. The van der Waals surface area contributed by atoms with E-state index < -0.39 is 10.0 Å². The molecule has 2 aliphatic heterocycles. The van der Waals surface area contributed by atoms with E-state index in [2.05, 4.69) is 26.4 Å². The molecule has 0 unspecified atom stereocenters. The zero-order chi connectivity index (χ0) is 17.3. The summed E-state index contributed by atoms with van der Waals surface area (Å²) in [5.74, 6) is 0.632. The summed E-state index contributed by atoms with van der Waals surface area (Å²) in [5, 5.41) is 4.28. The molecule has 1 N–H and O–H groups in total. The van der Waals surface area contributed by atoms with Crippen molar-refractivity contribution in [1.29, 1.82) is 0 Å². The fourth-order valence-corrected chi connectivity index (χ4v) is 5.54. The van der Waals surface area contributed by atoms with Crippen molar-refractivity contribution in [1.82, 2.24) is 9.62 Å². The van der Waals surface area contributed by atoms with E-state index in [9.17, 15) is 8.42 Å². The largest absolute Gasteiger partial charge is 0.376 e.